The van der Waals surface area contributed by atoms with Crippen molar-refractivity contribution < 1.29 is 0 Å². The molecule has 0 spiro atoms. The van der Waals surface area contributed by atoms with Crippen LogP contribution in [0.5, 0.6) is 0 Å². The second kappa shape index (κ2) is 5.00. The van der Waals surface area contributed by atoms with E-state index in [4.69, 9.17) is 5.73 Å². The average molecular weight is 234 g/mol. The SMILES string of the molecule is CC(C)c1ncc(N2CCCC2C)c(CN)n1. The van der Waals surface area contributed by atoms with Crippen molar-refractivity contribution >= 4 is 5.69 Å². The van der Waals surface area contributed by atoms with Gasteiger partial charge in [0.1, 0.15) is 5.82 Å². The third-order valence-corrected chi connectivity index (χ3v) is 3.44. The van der Waals surface area contributed by atoms with Crippen LogP contribution in [0.1, 0.15) is 51.0 Å². The van der Waals surface area contributed by atoms with E-state index in [0.29, 0.717) is 18.5 Å². The molecule has 1 aliphatic heterocycles. The summed E-state index contributed by atoms with van der Waals surface area (Å²) in [5.41, 5.74) is 7.93. The van der Waals surface area contributed by atoms with E-state index in [-0.39, 0.29) is 0 Å². The Bertz CT molecular complexity index is 389. The normalized spacial score (nSPS) is 20.3. The molecule has 0 saturated carbocycles. The Balaban J connectivity index is 2.33. The van der Waals surface area contributed by atoms with Crippen molar-refractivity contribution in [2.24, 2.45) is 5.73 Å². The number of nitrogens with two attached hydrogens (primary N) is 1. The minimum Gasteiger partial charge on any atom is -0.366 e. The molecule has 1 aliphatic rings. The van der Waals surface area contributed by atoms with E-state index in [2.05, 4.69) is 35.6 Å². The van der Waals surface area contributed by atoms with Crippen LogP contribution < -0.4 is 10.6 Å². The minimum atomic E-state index is 0.352. The highest BCUT2D eigenvalue weighted by atomic mass is 15.2. The maximum absolute atomic E-state index is 5.82. The van der Waals surface area contributed by atoms with E-state index in [1.807, 2.05) is 6.20 Å². The Morgan fingerprint density at radius 2 is 2.29 bits per heavy atom. The van der Waals surface area contributed by atoms with Crippen LogP contribution in [0.4, 0.5) is 5.69 Å². The predicted molar refractivity (Wildman–Crippen MR) is 70.1 cm³/mol. The van der Waals surface area contributed by atoms with Crippen molar-refractivity contribution in [3.8, 4) is 0 Å². The summed E-state index contributed by atoms with van der Waals surface area (Å²) in [6.45, 7) is 8.05. The maximum Gasteiger partial charge on any atom is 0.131 e. The fourth-order valence-electron chi connectivity index (χ4n) is 2.39. The molecule has 0 aliphatic carbocycles. The Hall–Kier alpha value is -1.16. The van der Waals surface area contributed by atoms with Crippen LogP contribution >= 0.6 is 0 Å². The molecule has 4 nitrogen and oxygen atoms in total. The van der Waals surface area contributed by atoms with Gasteiger partial charge in [-0.25, -0.2) is 9.97 Å². The quantitative estimate of drug-likeness (QED) is 0.869. The van der Waals surface area contributed by atoms with Gasteiger partial charge < -0.3 is 10.6 Å². The van der Waals surface area contributed by atoms with Crippen molar-refractivity contribution in [2.75, 3.05) is 11.4 Å². The average Bonchev–Trinajstić information content (AvgIpc) is 2.74. The molecule has 1 fully saturated rings. The Labute approximate surface area is 103 Å². The number of anilines is 1. The monoisotopic (exact) mass is 234 g/mol. The molecule has 0 radical (unpaired) electrons. The lowest BCUT2D eigenvalue weighted by atomic mass is 10.2. The van der Waals surface area contributed by atoms with Crippen molar-refractivity contribution in [2.45, 2.75) is 52.1 Å². The van der Waals surface area contributed by atoms with E-state index < -0.39 is 0 Å². The molecule has 17 heavy (non-hydrogen) atoms. The van der Waals surface area contributed by atoms with Crippen LogP contribution in [-0.2, 0) is 6.54 Å². The van der Waals surface area contributed by atoms with Crippen LogP contribution in [0.2, 0.25) is 0 Å². The molecule has 1 aromatic heterocycles. The lowest BCUT2D eigenvalue weighted by molar-refractivity contribution is 0.712. The van der Waals surface area contributed by atoms with Gasteiger partial charge in [0, 0.05) is 25.0 Å². The molecule has 0 bridgehead atoms. The van der Waals surface area contributed by atoms with Gasteiger partial charge in [-0.1, -0.05) is 13.8 Å². The minimum absolute atomic E-state index is 0.352. The van der Waals surface area contributed by atoms with Gasteiger partial charge in [-0.15, -0.1) is 0 Å². The Kier molecular flexibility index (Phi) is 3.62. The maximum atomic E-state index is 5.82. The van der Waals surface area contributed by atoms with E-state index in [9.17, 15) is 0 Å². The van der Waals surface area contributed by atoms with Gasteiger partial charge in [-0.05, 0) is 19.8 Å². The molecular formula is C13H22N4. The van der Waals surface area contributed by atoms with Crippen LogP contribution in [-0.4, -0.2) is 22.6 Å². The van der Waals surface area contributed by atoms with Gasteiger partial charge in [0.25, 0.3) is 0 Å². The van der Waals surface area contributed by atoms with Gasteiger partial charge in [-0.3, -0.25) is 0 Å². The summed E-state index contributed by atoms with van der Waals surface area (Å²) in [4.78, 5) is 11.4. The van der Waals surface area contributed by atoms with E-state index in [0.717, 1.165) is 23.8 Å². The smallest absolute Gasteiger partial charge is 0.131 e. The Morgan fingerprint density at radius 3 is 2.82 bits per heavy atom. The van der Waals surface area contributed by atoms with E-state index in [1.165, 1.54) is 12.8 Å². The third-order valence-electron chi connectivity index (χ3n) is 3.44. The number of rotatable bonds is 3. The first-order valence-electron chi connectivity index (χ1n) is 6.46. The van der Waals surface area contributed by atoms with Gasteiger partial charge in [-0.2, -0.15) is 0 Å². The largest absolute Gasteiger partial charge is 0.366 e. The van der Waals surface area contributed by atoms with Crippen LogP contribution in [0.3, 0.4) is 0 Å². The van der Waals surface area contributed by atoms with Crippen LogP contribution in [0, 0.1) is 0 Å². The number of hydrogen-bond acceptors (Lipinski definition) is 4. The fourth-order valence-corrected chi connectivity index (χ4v) is 2.39. The van der Waals surface area contributed by atoms with Crippen molar-refractivity contribution in [1.29, 1.82) is 0 Å². The van der Waals surface area contributed by atoms with Crippen LogP contribution in [0.15, 0.2) is 6.20 Å². The summed E-state index contributed by atoms with van der Waals surface area (Å²) >= 11 is 0. The molecule has 0 amide bonds. The molecule has 1 unspecified atom stereocenters. The molecule has 1 aromatic rings. The first-order valence-corrected chi connectivity index (χ1v) is 6.46. The summed E-state index contributed by atoms with van der Waals surface area (Å²) in [7, 11) is 0. The lowest BCUT2D eigenvalue weighted by Crippen LogP contribution is -2.28. The van der Waals surface area contributed by atoms with Gasteiger partial charge in [0.15, 0.2) is 0 Å². The van der Waals surface area contributed by atoms with Gasteiger partial charge >= 0.3 is 0 Å². The van der Waals surface area contributed by atoms with E-state index >= 15 is 0 Å². The lowest BCUT2D eigenvalue weighted by Gasteiger charge is -2.25. The highest BCUT2D eigenvalue weighted by Gasteiger charge is 2.23. The third kappa shape index (κ3) is 2.41. The zero-order valence-electron chi connectivity index (χ0n) is 11.0. The number of aromatic nitrogens is 2. The molecule has 4 heteroatoms. The highest BCUT2D eigenvalue weighted by Crippen LogP contribution is 2.27. The number of nitrogens with zero attached hydrogens (tertiary/aromatic N) is 3. The van der Waals surface area contributed by atoms with Crippen molar-refractivity contribution in [3.63, 3.8) is 0 Å². The molecule has 94 valence electrons. The Morgan fingerprint density at radius 1 is 1.53 bits per heavy atom. The summed E-state index contributed by atoms with van der Waals surface area (Å²) in [5.74, 6) is 1.24. The van der Waals surface area contributed by atoms with Gasteiger partial charge in [0.05, 0.1) is 17.6 Å². The van der Waals surface area contributed by atoms with E-state index in [1.54, 1.807) is 0 Å². The second-order valence-electron chi connectivity index (χ2n) is 5.10. The molecule has 0 aromatic carbocycles. The molecular weight excluding hydrogens is 212 g/mol. The predicted octanol–water partition coefficient (Wildman–Crippen LogP) is 2.05. The molecule has 1 atom stereocenters. The first-order chi connectivity index (χ1) is 8.13. The highest BCUT2D eigenvalue weighted by molar-refractivity contribution is 5.50. The van der Waals surface area contributed by atoms with Crippen molar-refractivity contribution in [3.05, 3.63) is 17.7 Å². The topological polar surface area (TPSA) is 55.0 Å². The van der Waals surface area contributed by atoms with Crippen LogP contribution in [0.25, 0.3) is 0 Å². The zero-order chi connectivity index (χ0) is 12.4. The summed E-state index contributed by atoms with van der Waals surface area (Å²) in [6, 6.07) is 0.578. The second-order valence-corrected chi connectivity index (χ2v) is 5.10. The zero-order valence-corrected chi connectivity index (χ0v) is 11.0. The standard InChI is InChI=1S/C13H22N4/c1-9(2)13-15-8-12(11(7-14)16-13)17-6-4-5-10(17)3/h8-10H,4-7,14H2,1-3H3. The molecule has 1 saturated heterocycles. The van der Waals surface area contributed by atoms with Crippen molar-refractivity contribution in [1.82, 2.24) is 9.97 Å². The molecule has 2 heterocycles. The summed E-state index contributed by atoms with van der Waals surface area (Å²) in [6.07, 6.45) is 4.44. The molecule has 2 N–H and O–H groups in total. The molecule has 2 rings (SSSR count). The summed E-state index contributed by atoms with van der Waals surface area (Å²) in [5, 5.41) is 0. The summed E-state index contributed by atoms with van der Waals surface area (Å²) < 4.78 is 0. The van der Waals surface area contributed by atoms with Gasteiger partial charge in [0.2, 0.25) is 0 Å². The first kappa shape index (κ1) is 12.3. The number of hydrogen-bond donors (Lipinski definition) is 1. The fraction of sp³-hybridized carbons (Fsp3) is 0.692.